The van der Waals surface area contributed by atoms with E-state index >= 15 is 0 Å². The Kier molecular flexibility index (Phi) is 6.09. The predicted molar refractivity (Wildman–Crippen MR) is 53.9 cm³/mol. The van der Waals surface area contributed by atoms with E-state index in [0.717, 1.165) is 25.7 Å². The van der Waals surface area contributed by atoms with Crippen LogP contribution in [0.15, 0.2) is 12.2 Å². The van der Waals surface area contributed by atoms with E-state index in [4.69, 9.17) is 0 Å². The molecule has 0 aliphatic rings. The Balaban J connectivity index is 3.72. The molecule has 1 N–H and O–H groups in total. The quantitative estimate of drug-likeness (QED) is 0.606. The highest BCUT2D eigenvalue weighted by Crippen LogP contribution is 2.19. The molecule has 0 saturated carbocycles. The van der Waals surface area contributed by atoms with Crippen molar-refractivity contribution in [2.75, 3.05) is 0 Å². The molecule has 0 spiro atoms. The zero-order chi connectivity index (χ0) is 9.45. The van der Waals surface area contributed by atoms with Crippen LogP contribution in [-0.2, 0) is 0 Å². The fourth-order valence-corrected chi connectivity index (χ4v) is 1.07. The lowest BCUT2D eigenvalue weighted by molar-refractivity contribution is 0.0353. The van der Waals surface area contributed by atoms with Crippen LogP contribution in [0.2, 0.25) is 0 Å². The van der Waals surface area contributed by atoms with E-state index in [1.54, 1.807) is 0 Å². The second kappa shape index (κ2) is 6.24. The topological polar surface area (TPSA) is 20.2 Å². The van der Waals surface area contributed by atoms with Crippen molar-refractivity contribution in [2.45, 2.75) is 52.1 Å². The third-order valence-electron chi connectivity index (χ3n) is 2.35. The summed E-state index contributed by atoms with van der Waals surface area (Å²) in [6.45, 7) is 6.10. The lowest BCUT2D eigenvalue weighted by Gasteiger charge is -2.23. The Bertz CT molecular complexity index is 123. The van der Waals surface area contributed by atoms with Gasteiger partial charge in [0, 0.05) is 0 Å². The Hall–Kier alpha value is -0.300. The SMILES string of the molecule is C[CH]CC=CCC(O)(CC)CC. The van der Waals surface area contributed by atoms with Gasteiger partial charge in [0.2, 0.25) is 0 Å². The van der Waals surface area contributed by atoms with Gasteiger partial charge >= 0.3 is 0 Å². The van der Waals surface area contributed by atoms with E-state index in [2.05, 4.69) is 18.6 Å². The second-order valence-electron chi connectivity index (χ2n) is 3.25. The maximum atomic E-state index is 9.87. The molecule has 1 nitrogen and oxygen atoms in total. The minimum Gasteiger partial charge on any atom is -0.390 e. The van der Waals surface area contributed by atoms with E-state index in [9.17, 15) is 5.11 Å². The molecule has 0 aromatic carbocycles. The third kappa shape index (κ3) is 4.55. The summed E-state index contributed by atoms with van der Waals surface area (Å²) >= 11 is 0. The molecule has 1 radical (unpaired) electrons. The minimum absolute atomic E-state index is 0.468. The van der Waals surface area contributed by atoms with Crippen molar-refractivity contribution in [1.29, 1.82) is 0 Å². The summed E-state index contributed by atoms with van der Waals surface area (Å²) in [4.78, 5) is 0. The predicted octanol–water partition coefficient (Wildman–Crippen LogP) is 3.10. The zero-order valence-electron chi connectivity index (χ0n) is 8.51. The molecule has 0 aromatic rings. The molecule has 0 aliphatic carbocycles. The number of rotatable bonds is 6. The molecule has 0 unspecified atom stereocenters. The number of aliphatic hydroxyl groups is 1. The van der Waals surface area contributed by atoms with Gasteiger partial charge in [-0.1, -0.05) is 32.9 Å². The number of allylic oxidation sites excluding steroid dienone is 1. The lowest BCUT2D eigenvalue weighted by Crippen LogP contribution is -2.25. The molecule has 0 aliphatic heterocycles. The Morgan fingerprint density at radius 1 is 1.17 bits per heavy atom. The summed E-state index contributed by atoms with van der Waals surface area (Å²) in [7, 11) is 0. The Morgan fingerprint density at radius 2 is 1.75 bits per heavy atom. The summed E-state index contributed by atoms with van der Waals surface area (Å²) in [5, 5.41) is 9.87. The van der Waals surface area contributed by atoms with Gasteiger partial charge in [0.05, 0.1) is 5.60 Å². The lowest BCUT2D eigenvalue weighted by atomic mass is 9.93. The average molecular weight is 169 g/mol. The molecular weight excluding hydrogens is 148 g/mol. The van der Waals surface area contributed by atoms with Crippen LogP contribution in [0.5, 0.6) is 0 Å². The van der Waals surface area contributed by atoms with Crippen LogP contribution < -0.4 is 0 Å². The van der Waals surface area contributed by atoms with Crippen molar-refractivity contribution >= 4 is 0 Å². The molecule has 0 aromatic heterocycles. The van der Waals surface area contributed by atoms with Crippen LogP contribution in [0.4, 0.5) is 0 Å². The minimum atomic E-state index is -0.468. The summed E-state index contributed by atoms with van der Waals surface area (Å²) in [6, 6.07) is 0. The normalized spacial score (nSPS) is 12.7. The van der Waals surface area contributed by atoms with E-state index in [-0.39, 0.29) is 0 Å². The van der Waals surface area contributed by atoms with Gasteiger partial charge in [-0.25, -0.2) is 0 Å². The molecule has 0 rings (SSSR count). The molecule has 0 amide bonds. The van der Waals surface area contributed by atoms with Gasteiger partial charge in [0.1, 0.15) is 0 Å². The van der Waals surface area contributed by atoms with Crippen LogP contribution in [0.25, 0.3) is 0 Å². The summed E-state index contributed by atoms with van der Waals surface area (Å²) in [5.74, 6) is 0. The molecule has 71 valence electrons. The molecule has 0 fully saturated rings. The van der Waals surface area contributed by atoms with E-state index in [1.807, 2.05) is 20.8 Å². The van der Waals surface area contributed by atoms with Gasteiger partial charge in [-0.05, 0) is 32.1 Å². The highest BCUT2D eigenvalue weighted by Gasteiger charge is 2.19. The Morgan fingerprint density at radius 3 is 2.17 bits per heavy atom. The summed E-state index contributed by atoms with van der Waals surface area (Å²) < 4.78 is 0. The smallest absolute Gasteiger partial charge is 0.0676 e. The van der Waals surface area contributed by atoms with Crippen molar-refractivity contribution in [1.82, 2.24) is 0 Å². The van der Waals surface area contributed by atoms with E-state index < -0.39 is 5.60 Å². The average Bonchev–Trinajstić information content (AvgIpc) is 2.12. The third-order valence-corrected chi connectivity index (χ3v) is 2.35. The molecular formula is C11H21O. The van der Waals surface area contributed by atoms with Gasteiger partial charge in [0.25, 0.3) is 0 Å². The highest BCUT2D eigenvalue weighted by molar-refractivity contribution is 4.92. The summed E-state index contributed by atoms with van der Waals surface area (Å²) in [5.41, 5.74) is -0.468. The highest BCUT2D eigenvalue weighted by atomic mass is 16.3. The molecule has 1 heteroatoms. The van der Waals surface area contributed by atoms with Gasteiger partial charge < -0.3 is 5.11 Å². The fraction of sp³-hybridized carbons (Fsp3) is 0.727. The Labute approximate surface area is 76.5 Å². The van der Waals surface area contributed by atoms with Crippen molar-refractivity contribution in [3.63, 3.8) is 0 Å². The molecule has 0 atom stereocenters. The first-order chi connectivity index (χ1) is 5.68. The second-order valence-corrected chi connectivity index (χ2v) is 3.25. The van der Waals surface area contributed by atoms with E-state index in [1.165, 1.54) is 0 Å². The molecule has 0 saturated heterocycles. The first-order valence-electron chi connectivity index (χ1n) is 4.83. The molecule has 0 heterocycles. The first kappa shape index (κ1) is 11.7. The monoisotopic (exact) mass is 169 g/mol. The van der Waals surface area contributed by atoms with Crippen LogP contribution >= 0.6 is 0 Å². The summed E-state index contributed by atoms with van der Waals surface area (Å²) in [6.07, 6.45) is 9.75. The van der Waals surface area contributed by atoms with Gasteiger partial charge in [-0.15, -0.1) is 0 Å². The number of hydrogen-bond donors (Lipinski definition) is 1. The zero-order valence-corrected chi connectivity index (χ0v) is 8.51. The van der Waals surface area contributed by atoms with E-state index in [0.29, 0.717) is 0 Å². The maximum absolute atomic E-state index is 9.87. The van der Waals surface area contributed by atoms with Crippen LogP contribution in [0.3, 0.4) is 0 Å². The van der Waals surface area contributed by atoms with Crippen LogP contribution in [-0.4, -0.2) is 10.7 Å². The first-order valence-corrected chi connectivity index (χ1v) is 4.83. The van der Waals surface area contributed by atoms with Crippen molar-refractivity contribution < 1.29 is 5.11 Å². The van der Waals surface area contributed by atoms with Crippen molar-refractivity contribution in [3.05, 3.63) is 18.6 Å². The standard InChI is InChI=1S/C11H21O/c1-4-7-8-9-10-11(12,5-2)6-3/h4,8-9,12H,5-7,10H2,1-3H3. The van der Waals surface area contributed by atoms with Crippen LogP contribution in [0, 0.1) is 6.42 Å². The number of hydrogen-bond acceptors (Lipinski definition) is 1. The van der Waals surface area contributed by atoms with Crippen molar-refractivity contribution in [2.24, 2.45) is 0 Å². The van der Waals surface area contributed by atoms with Gasteiger partial charge in [0.15, 0.2) is 0 Å². The van der Waals surface area contributed by atoms with Crippen molar-refractivity contribution in [3.8, 4) is 0 Å². The largest absolute Gasteiger partial charge is 0.390 e. The van der Waals surface area contributed by atoms with Gasteiger partial charge in [-0.2, -0.15) is 0 Å². The fourth-order valence-electron chi connectivity index (χ4n) is 1.07. The molecule has 0 bridgehead atoms. The van der Waals surface area contributed by atoms with Crippen LogP contribution in [0.1, 0.15) is 46.5 Å². The van der Waals surface area contributed by atoms with Gasteiger partial charge in [-0.3, -0.25) is 0 Å². The molecule has 12 heavy (non-hydrogen) atoms. The number of unbranched alkanes of at least 4 members (excludes halogenated alkanes) is 1. The maximum Gasteiger partial charge on any atom is 0.0676 e.